The topological polar surface area (TPSA) is 68.5 Å². The Labute approximate surface area is 164 Å². The number of amides is 1. The predicted octanol–water partition coefficient (Wildman–Crippen LogP) is 5.27. The Hall–Kier alpha value is -3.08. The zero-order valence-electron chi connectivity index (χ0n) is 16.3. The molecule has 5 nitrogen and oxygen atoms in total. The first kappa shape index (κ1) is 19.7. The van der Waals surface area contributed by atoms with E-state index < -0.39 is 5.97 Å². The van der Waals surface area contributed by atoms with Gasteiger partial charge in [-0.05, 0) is 56.9 Å². The molecule has 0 aliphatic carbocycles. The van der Waals surface area contributed by atoms with Crippen LogP contribution in [0.4, 0.5) is 5.69 Å². The summed E-state index contributed by atoms with van der Waals surface area (Å²) in [5.74, 6) is -0.277. The second-order valence-electron chi connectivity index (χ2n) is 6.73. The molecule has 3 rings (SSSR count). The van der Waals surface area contributed by atoms with Crippen LogP contribution in [0.2, 0.25) is 0 Å². The van der Waals surface area contributed by atoms with Crippen LogP contribution in [0.1, 0.15) is 47.9 Å². The first-order chi connectivity index (χ1) is 13.6. The third-order valence-corrected chi connectivity index (χ3v) is 4.64. The molecule has 0 saturated heterocycles. The summed E-state index contributed by atoms with van der Waals surface area (Å²) in [7, 11) is 0. The van der Waals surface area contributed by atoms with E-state index in [0.717, 1.165) is 24.6 Å². The Morgan fingerprint density at radius 3 is 2.61 bits per heavy atom. The molecule has 3 aromatic rings. The van der Waals surface area contributed by atoms with Crippen LogP contribution in [0.3, 0.4) is 0 Å². The number of esters is 1. The maximum atomic E-state index is 12.2. The van der Waals surface area contributed by atoms with Crippen LogP contribution in [-0.2, 0) is 16.0 Å². The number of ether oxygens (including phenoxy) is 1. The van der Waals surface area contributed by atoms with Gasteiger partial charge in [0.2, 0.25) is 11.7 Å². The molecule has 1 heterocycles. The van der Waals surface area contributed by atoms with Crippen LogP contribution in [0.15, 0.2) is 52.9 Å². The first-order valence-corrected chi connectivity index (χ1v) is 9.62. The largest absolute Gasteiger partial charge is 0.460 e. The Morgan fingerprint density at radius 1 is 1.07 bits per heavy atom. The molecule has 0 aliphatic rings. The second kappa shape index (κ2) is 9.22. The zero-order chi connectivity index (χ0) is 19.9. The Morgan fingerprint density at radius 2 is 1.86 bits per heavy atom. The third-order valence-electron chi connectivity index (χ3n) is 4.64. The molecule has 0 saturated carbocycles. The molecule has 1 N–H and O–H groups in total. The van der Waals surface area contributed by atoms with Gasteiger partial charge in [0.05, 0.1) is 6.61 Å². The lowest BCUT2D eigenvalue weighted by Crippen LogP contribution is -2.11. The van der Waals surface area contributed by atoms with Crippen LogP contribution in [0.5, 0.6) is 0 Å². The van der Waals surface area contributed by atoms with E-state index in [1.807, 2.05) is 31.2 Å². The fourth-order valence-corrected chi connectivity index (χ4v) is 3.17. The second-order valence-corrected chi connectivity index (χ2v) is 6.73. The van der Waals surface area contributed by atoms with E-state index in [1.54, 1.807) is 19.1 Å². The summed E-state index contributed by atoms with van der Waals surface area (Å²) in [6.45, 7) is 3.86. The Bertz CT molecular complexity index is 959. The highest BCUT2D eigenvalue weighted by molar-refractivity contribution is 5.98. The molecular formula is C23H25NO4. The van der Waals surface area contributed by atoms with Gasteiger partial charge in [0.15, 0.2) is 0 Å². The number of hydrogen-bond donors (Lipinski definition) is 1. The van der Waals surface area contributed by atoms with Crippen LogP contribution in [0.25, 0.3) is 11.0 Å². The van der Waals surface area contributed by atoms with Crippen LogP contribution >= 0.6 is 0 Å². The van der Waals surface area contributed by atoms with Crippen LogP contribution in [-0.4, -0.2) is 18.5 Å². The molecule has 2 aromatic carbocycles. The van der Waals surface area contributed by atoms with Crippen molar-refractivity contribution in [3.63, 3.8) is 0 Å². The third kappa shape index (κ3) is 4.80. The Kier molecular flexibility index (Phi) is 6.48. The zero-order valence-corrected chi connectivity index (χ0v) is 16.3. The number of unbranched alkanes of at least 4 members (excludes halogenated alkanes) is 1. The van der Waals surface area contributed by atoms with Gasteiger partial charge in [-0.15, -0.1) is 0 Å². The minimum atomic E-state index is -0.472. The van der Waals surface area contributed by atoms with Gasteiger partial charge in [-0.1, -0.05) is 30.3 Å². The van der Waals surface area contributed by atoms with Gasteiger partial charge in [-0.25, -0.2) is 4.79 Å². The van der Waals surface area contributed by atoms with Crippen molar-refractivity contribution in [2.45, 2.75) is 39.5 Å². The number of carbonyl (C=O) groups excluding carboxylic acids is 2. The van der Waals surface area contributed by atoms with Gasteiger partial charge in [0, 0.05) is 23.1 Å². The number of benzene rings is 2. The quantitative estimate of drug-likeness (QED) is 0.428. The molecule has 0 aliphatic heterocycles. The molecular weight excluding hydrogens is 354 g/mol. The molecule has 28 heavy (non-hydrogen) atoms. The average molecular weight is 379 g/mol. The van der Waals surface area contributed by atoms with E-state index in [9.17, 15) is 9.59 Å². The van der Waals surface area contributed by atoms with Crippen molar-refractivity contribution in [3.8, 4) is 0 Å². The summed E-state index contributed by atoms with van der Waals surface area (Å²) in [5, 5.41) is 3.72. The first-order valence-electron chi connectivity index (χ1n) is 9.62. The summed E-state index contributed by atoms with van der Waals surface area (Å²) < 4.78 is 10.6. The van der Waals surface area contributed by atoms with E-state index in [0.29, 0.717) is 29.9 Å². The van der Waals surface area contributed by atoms with Crippen molar-refractivity contribution < 1.29 is 18.7 Å². The number of hydrogen-bond acceptors (Lipinski definition) is 4. The highest BCUT2D eigenvalue weighted by Crippen LogP contribution is 2.28. The fourth-order valence-electron chi connectivity index (χ4n) is 3.17. The van der Waals surface area contributed by atoms with Crippen molar-refractivity contribution in [3.05, 3.63) is 65.4 Å². The van der Waals surface area contributed by atoms with Gasteiger partial charge < -0.3 is 14.5 Å². The molecule has 1 amide bonds. The number of furan rings is 1. The van der Waals surface area contributed by atoms with Crippen molar-refractivity contribution in [2.24, 2.45) is 0 Å². The maximum absolute atomic E-state index is 12.2. The molecule has 0 fully saturated rings. The monoisotopic (exact) mass is 379 g/mol. The number of fused-ring (bicyclic) bond motifs is 1. The van der Waals surface area contributed by atoms with Crippen molar-refractivity contribution in [1.29, 1.82) is 0 Å². The lowest BCUT2D eigenvalue weighted by Gasteiger charge is -2.06. The number of aryl methyl sites for hydroxylation is 2. The molecule has 0 atom stereocenters. The summed E-state index contributed by atoms with van der Waals surface area (Å²) in [6.07, 6.45) is 3.26. The fraction of sp³-hybridized carbons (Fsp3) is 0.304. The van der Waals surface area contributed by atoms with Crippen LogP contribution in [0, 0.1) is 6.92 Å². The van der Waals surface area contributed by atoms with Gasteiger partial charge in [-0.2, -0.15) is 0 Å². The van der Waals surface area contributed by atoms with E-state index in [1.165, 1.54) is 5.56 Å². The number of rotatable bonds is 8. The smallest absolute Gasteiger partial charge is 0.374 e. The molecule has 0 radical (unpaired) electrons. The average Bonchev–Trinajstić information content (AvgIpc) is 3.03. The van der Waals surface area contributed by atoms with E-state index >= 15 is 0 Å². The lowest BCUT2D eigenvalue weighted by atomic mass is 10.1. The summed E-state index contributed by atoms with van der Waals surface area (Å²) in [4.78, 5) is 24.2. The molecule has 0 spiro atoms. The highest BCUT2D eigenvalue weighted by atomic mass is 16.5. The van der Waals surface area contributed by atoms with Gasteiger partial charge >= 0.3 is 5.97 Å². The highest BCUT2D eigenvalue weighted by Gasteiger charge is 2.19. The summed E-state index contributed by atoms with van der Waals surface area (Å²) in [6, 6.07) is 15.6. The standard InChI is InChI=1S/C23H25NO4/c1-3-27-23(26)22-16(2)19-15-18(13-14-20(19)28-22)24-21(25)12-8-7-11-17-9-5-4-6-10-17/h4-6,9-10,13-15H,3,7-8,11-12H2,1-2H3,(H,24,25). The van der Waals surface area contributed by atoms with Crippen molar-refractivity contribution in [1.82, 2.24) is 0 Å². The molecule has 146 valence electrons. The molecule has 0 unspecified atom stereocenters. The van der Waals surface area contributed by atoms with Crippen molar-refractivity contribution in [2.75, 3.05) is 11.9 Å². The SMILES string of the molecule is CCOC(=O)c1oc2ccc(NC(=O)CCCCc3ccccc3)cc2c1C. The molecule has 0 bridgehead atoms. The number of carbonyl (C=O) groups is 2. The van der Waals surface area contributed by atoms with Gasteiger partial charge in [-0.3, -0.25) is 4.79 Å². The Balaban J connectivity index is 1.57. The number of nitrogens with one attached hydrogen (secondary N) is 1. The maximum Gasteiger partial charge on any atom is 0.374 e. The number of anilines is 1. The van der Waals surface area contributed by atoms with Crippen LogP contribution < -0.4 is 5.32 Å². The minimum absolute atomic E-state index is 0.0147. The van der Waals surface area contributed by atoms with Gasteiger partial charge in [0.25, 0.3) is 0 Å². The summed E-state index contributed by atoms with van der Waals surface area (Å²) >= 11 is 0. The minimum Gasteiger partial charge on any atom is -0.460 e. The summed E-state index contributed by atoms with van der Waals surface area (Å²) in [5.41, 5.74) is 3.30. The lowest BCUT2D eigenvalue weighted by molar-refractivity contribution is -0.116. The molecule has 1 aromatic heterocycles. The predicted molar refractivity (Wildman–Crippen MR) is 110 cm³/mol. The van der Waals surface area contributed by atoms with E-state index in [-0.39, 0.29) is 11.7 Å². The van der Waals surface area contributed by atoms with Crippen molar-refractivity contribution >= 4 is 28.5 Å². The van der Waals surface area contributed by atoms with E-state index in [2.05, 4.69) is 17.4 Å². The van der Waals surface area contributed by atoms with E-state index in [4.69, 9.17) is 9.15 Å². The molecule has 5 heteroatoms. The normalized spacial score (nSPS) is 10.8. The van der Waals surface area contributed by atoms with Gasteiger partial charge in [0.1, 0.15) is 5.58 Å².